The smallest absolute Gasteiger partial charge is 0.174 e. The highest BCUT2D eigenvalue weighted by Crippen LogP contribution is 2.22. The fourth-order valence-electron chi connectivity index (χ4n) is 1.18. The van der Waals surface area contributed by atoms with E-state index in [0.717, 1.165) is 5.75 Å². The summed E-state index contributed by atoms with van der Waals surface area (Å²) < 4.78 is 0. The summed E-state index contributed by atoms with van der Waals surface area (Å²) in [5.41, 5.74) is 0.519. The van der Waals surface area contributed by atoms with Crippen molar-refractivity contribution in [2.75, 3.05) is 11.5 Å². The van der Waals surface area contributed by atoms with Crippen LogP contribution in [-0.4, -0.2) is 17.3 Å². The number of carbonyl (C=O) groups excluding carboxylic acids is 1. The van der Waals surface area contributed by atoms with E-state index in [1.54, 1.807) is 30.0 Å². The van der Waals surface area contributed by atoms with Crippen LogP contribution in [0.15, 0.2) is 18.2 Å². The maximum atomic E-state index is 11.8. The van der Waals surface area contributed by atoms with E-state index >= 15 is 0 Å². The Balaban J connectivity index is 2.62. The Morgan fingerprint density at radius 3 is 2.69 bits per heavy atom. The van der Waals surface area contributed by atoms with Gasteiger partial charge in [0.25, 0.3) is 0 Å². The van der Waals surface area contributed by atoms with E-state index < -0.39 is 0 Å². The van der Waals surface area contributed by atoms with Gasteiger partial charge in [-0.25, -0.2) is 0 Å². The number of benzene rings is 1. The minimum atomic E-state index is 0.0400. The van der Waals surface area contributed by atoms with Gasteiger partial charge in [0.05, 0.1) is 10.8 Å². The molecule has 88 valence electrons. The van der Waals surface area contributed by atoms with Crippen molar-refractivity contribution in [2.24, 2.45) is 5.92 Å². The first-order valence-electron chi connectivity index (χ1n) is 5.06. The molecule has 0 saturated carbocycles. The lowest BCUT2D eigenvalue weighted by molar-refractivity contribution is 0.102. The minimum absolute atomic E-state index is 0.0400. The zero-order valence-corrected chi connectivity index (χ0v) is 11.6. The molecule has 0 aliphatic carbocycles. The van der Waals surface area contributed by atoms with Crippen molar-refractivity contribution in [3.05, 3.63) is 33.8 Å². The molecule has 0 aromatic heterocycles. The molecule has 0 fully saturated rings. The summed E-state index contributed by atoms with van der Waals surface area (Å²) in [4.78, 5) is 11.8. The maximum absolute atomic E-state index is 11.8. The SMILES string of the molecule is CC(C)CSCC(=O)c1cc(Cl)ccc1Cl. The second-order valence-corrected chi connectivity index (χ2v) is 5.83. The molecule has 1 aromatic carbocycles. The highest BCUT2D eigenvalue weighted by Gasteiger charge is 2.11. The number of hydrogen-bond donors (Lipinski definition) is 0. The van der Waals surface area contributed by atoms with Crippen LogP contribution in [0.3, 0.4) is 0 Å². The number of hydrogen-bond acceptors (Lipinski definition) is 2. The second-order valence-electron chi connectivity index (χ2n) is 3.96. The molecule has 0 saturated heterocycles. The van der Waals surface area contributed by atoms with Crippen molar-refractivity contribution in [1.82, 2.24) is 0 Å². The van der Waals surface area contributed by atoms with Crippen molar-refractivity contribution in [3.8, 4) is 0 Å². The lowest BCUT2D eigenvalue weighted by Gasteiger charge is -2.05. The quantitative estimate of drug-likeness (QED) is 0.733. The van der Waals surface area contributed by atoms with Crippen molar-refractivity contribution < 1.29 is 4.79 Å². The van der Waals surface area contributed by atoms with Crippen LogP contribution < -0.4 is 0 Å². The van der Waals surface area contributed by atoms with Gasteiger partial charge in [0.2, 0.25) is 0 Å². The average Bonchev–Trinajstić information content (AvgIpc) is 2.21. The van der Waals surface area contributed by atoms with Crippen LogP contribution in [0.5, 0.6) is 0 Å². The lowest BCUT2D eigenvalue weighted by atomic mass is 10.1. The molecule has 0 radical (unpaired) electrons. The van der Waals surface area contributed by atoms with Gasteiger partial charge in [-0.05, 0) is 29.9 Å². The molecule has 0 aliphatic rings. The number of halogens is 2. The van der Waals surface area contributed by atoms with E-state index in [4.69, 9.17) is 23.2 Å². The number of ketones is 1. The second kappa shape index (κ2) is 6.53. The molecule has 0 aliphatic heterocycles. The molecule has 0 spiro atoms. The number of rotatable bonds is 5. The van der Waals surface area contributed by atoms with Gasteiger partial charge in [0, 0.05) is 10.6 Å². The topological polar surface area (TPSA) is 17.1 Å². The monoisotopic (exact) mass is 276 g/mol. The molecule has 1 nitrogen and oxygen atoms in total. The molecule has 0 heterocycles. The number of carbonyl (C=O) groups is 1. The van der Waals surface area contributed by atoms with Crippen LogP contribution in [0.1, 0.15) is 24.2 Å². The van der Waals surface area contributed by atoms with Crippen molar-refractivity contribution in [1.29, 1.82) is 0 Å². The first-order chi connectivity index (χ1) is 7.50. The maximum Gasteiger partial charge on any atom is 0.174 e. The van der Waals surface area contributed by atoms with E-state index in [9.17, 15) is 4.79 Å². The lowest BCUT2D eigenvalue weighted by Crippen LogP contribution is -2.05. The van der Waals surface area contributed by atoms with Crippen LogP contribution in [-0.2, 0) is 0 Å². The van der Waals surface area contributed by atoms with E-state index in [2.05, 4.69) is 13.8 Å². The van der Waals surface area contributed by atoms with Gasteiger partial charge < -0.3 is 0 Å². The fourth-order valence-corrected chi connectivity index (χ4v) is 2.50. The Labute approximate surface area is 111 Å². The van der Waals surface area contributed by atoms with Gasteiger partial charge in [0.15, 0.2) is 5.78 Å². The highest BCUT2D eigenvalue weighted by atomic mass is 35.5. The van der Waals surface area contributed by atoms with Gasteiger partial charge >= 0.3 is 0 Å². The average molecular weight is 277 g/mol. The molecule has 0 atom stereocenters. The first kappa shape index (κ1) is 13.9. The van der Waals surface area contributed by atoms with E-state index in [-0.39, 0.29) is 5.78 Å². The predicted molar refractivity (Wildman–Crippen MR) is 73.0 cm³/mol. The third kappa shape index (κ3) is 4.36. The summed E-state index contributed by atoms with van der Waals surface area (Å²) in [6, 6.07) is 4.97. The zero-order valence-electron chi connectivity index (χ0n) is 9.30. The van der Waals surface area contributed by atoms with Gasteiger partial charge in [-0.2, -0.15) is 11.8 Å². The Morgan fingerprint density at radius 1 is 1.38 bits per heavy atom. The predicted octanol–water partition coefficient (Wildman–Crippen LogP) is 4.57. The van der Waals surface area contributed by atoms with Crippen LogP contribution in [0.2, 0.25) is 10.0 Å². The Hall–Kier alpha value is -0.180. The Bertz CT molecular complexity index is 377. The Kier molecular flexibility index (Phi) is 5.67. The molecule has 0 unspecified atom stereocenters. The summed E-state index contributed by atoms with van der Waals surface area (Å²) in [7, 11) is 0. The molecule has 16 heavy (non-hydrogen) atoms. The van der Waals surface area contributed by atoms with Gasteiger partial charge in [-0.15, -0.1) is 0 Å². The van der Waals surface area contributed by atoms with Gasteiger partial charge in [-0.1, -0.05) is 37.0 Å². The van der Waals surface area contributed by atoms with Crippen molar-refractivity contribution in [3.63, 3.8) is 0 Å². The number of thioether (sulfide) groups is 1. The summed E-state index contributed by atoms with van der Waals surface area (Å²) >= 11 is 13.4. The molecule has 0 bridgehead atoms. The fraction of sp³-hybridized carbons (Fsp3) is 0.417. The molecule has 1 aromatic rings. The van der Waals surface area contributed by atoms with Gasteiger partial charge in [-0.3, -0.25) is 4.79 Å². The minimum Gasteiger partial charge on any atom is -0.293 e. The first-order valence-corrected chi connectivity index (χ1v) is 6.97. The molecular weight excluding hydrogens is 263 g/mol. The van der Waals surface area contributed by atoms with Crippen LogP contribution >= 0.6 is 35.0 Å². The van der Waals surface area contributed by atoms with Crippen LogP contribution in [0.25, 0.3) is 0 Å². The van der Waals surface area contributed by atoms with E-state index in [1.807, 2.05) is 0 Å². The van der Waals surface area contributed by atoms with Crippen LogP contribution in [0.4, 0.5) is 0 Å². The molecular formula is C12H14Cl2OS. The summed E-state index contributed by atoms with van der Waals surface area (Å²) in [6.07, 6.45) is 0. The number of Topliss-reactive ketones (excluding diaryl/α,β-unsaturated/α-hetero) is 1. The summed E-state index contributed by atoms with van der Waals surface area (Å²) in [5, 5.41) is 1.01. The van der Waals surface area contributed by atoms with Crippen molar-refractivity contribution in [2.45, 2.75) is 13.8 Å². The Morgan fingerprint density at radius 2 is 2.06 bits per heavy atom. The summed E-state index contributed by atoms with van der Waals surface area (Å²) in [5.74, 6) is 2.06. The highest BCUT2D eigenvalue weighted by molar-refractivity contribution is 7.99. The normalized spacial score (nSPS) is 10.8. The molecule has 0 N–H and O–H groups in total. The summed E-state index contributed by atoms with van der Waals surface area (Å²) in [6.45, 7) is 4.26. The van der Waals surface area contributed by atoms with Gasteiger partial charge in [0.1, 0.15) is 0 Å². The van der Waals surface area contributed by atoms with E-state index in [1.165, 1.54) is 0 Å². The standard InChI is InChI=1S/C12H14Cl2OS/c1-8(2)6-16-7-12(15)10-5-9(13)3-4-11(10)14/h3-5,8H,6-7H2,1-2H3. The van der Waals surface area contributed by atoms with Crippen molar-refractivity contribution >= 4 is 40.7 Å². The third-order valence-corrected chi connectivity index (χ3v) is 3.85. The third-order valence-electron chi connectivity index (χ3n) is 1.91. The largest absolute Gasteiger partial charge is 0.293 e. The zero-order chi connectivity index (χ0) is 12.1. The van der Waals surface area contributed by atoms with E-state index in [0.29, 0.717) is 27.3 Å². The molecule has 1 rings (SSSR count). The molecule has 4 heteroatoms. The molecule has 0 amide bonds. The van der Waals surface area contributed by atoms with Crippen LogP contribution in [0, 0.1) is 5.92 Å².